The average Bonchev–Trinajstić information content (AvgIpc) is 3.11. The maximum atomic E-state index is 14.4. The van der Waals surface area contributed by atoms with Gasteiger partial charge in [0.2, 0.25) is 0 Å². The minimum Gasteiger partial charge on any atom is -0.444 e. The van der Waals surface area contributed by atoms with Gasteiger partial charge in [-0.2, -0.15) is 0 Å². The molecule has 6 nitrogen and oxygen atoms in total. The predicted molar refractivity (Wildman–Crippen MR) is 132 cm³/mol. The highest BCUT2D eigenvalue weighted by Crippen LogP contribution is 2.24. The summed E-state index contributed by atoms with van der Waals surface area (Å²) in [5.74, 6) is -0.256. The van der Waals surface area contributed by atoms with E-state index in [1.54, 1.807) is 17.0 Å². The molecule has 1 aliphatic rings. The lowest BCUT2D eigenvalue weighted by Gasteiger charge is -2.39. The number of aromatic nitrogens is 1. The molecule has 0 spiro atoms. The number of carbonyl (C=O) groups excluding carboxylic acids is 1. The fourth-order valence-corrected chi connectivity index (χ4v) is 4.07. The van der Waals surface area contributed by atoms with Crippen LogP contribution in [0.15, 0.2) is 48.7 Å². The van der Waals surface area contributed by atoms with Crippen LogP contribution in [0.25, 0.3) is 10.9 Å². The highest BCUT2D eigenvalue weighted by atomic mass is 35.5. The lowest BCUT2D eigenvalue weighted by Crippen LogP contribution is -2.56. The van der Waals surface area contributed by atoms with Crippen molar-refractivity contribution < 1.29 is 18.7 Å². The quantitative estimate of drug-likeness (QED) is 0.443. The molecule has 1 fully saturated rings. The lowest BCUT2D eigenvalue weighted by atomic mass is 10.1. The number of rotatable bonds is 8. The average molecular weight is 488 g/mol. The Bertz CT molecular complexity index is 1130. The zero-order chi connectivity index (χ0) is 24.3. The molecule has 2 heterocycles. The molecular weight excluding hydrogens is 457 g/mol. The topological polar surface area (TPSA) is 55.7 Å². The molecular formula is C26H31ClFN3O3. The van der Waals surface area contributed by atoms with Crippen LogP contribution in [-0.2, 0) is 22.6 Å². The number of benzene rings is 2. The van der Waals surface area contributed by atoms with Gasteiger partial charge in [0, 0.05) is 36.2 Å². The van der Waals surface area contributed by atoms with Crippen molar-refractivity contribution in [3.63, 3.8) is 0 Å². The second-order valence-electron chi connectivity index (χ2n) is 9.62. The summed E-state index contributed by atoms with van der Waals surface area (Å²) in [6.07, 6.45) is 1.71. The van der Waals surface area contributed by atoms with Gasteiger partial charge in [0.05, 0.1) is 31.3 Å². The van der Waals surface area contributed by atoms with Gasteiger partial charge in [-0.05, 0) is 62.2 Å². The van der Waals surface area contributed by atoms with E-state index in [9.17, 15) is 9.18 Å². The molecule has 1 aliphatic heterocycles. The van der Waals surface area contributed by atoms with E-state index in [1.807, 2.05) is 61.9 Å². The van der Waals surface area contributed by atoms with E-state index >= 15 is 0 Å². The molecule has 1 N–H and O–H groups in total. The standard InChI is InChI=1S/C26H31ClFN3O3/c1-26(2,3)34-25(32)31-16-22(17-31)33-11-9-29-14-19-12-21(28)13-24-23(19)8-10-30(24)15-18-4-6-20(27)7-5-18/h4-8,10,12-13,22,29H,9,11,14-17H2,1-3H3. The van der Waals surface area contributed by atoms with Crippen molar-refractivity contribution in [3.05, 3.63) is 70.6 Å². The number of ether oxygens (including phenoxy) is 2. The first-order chi connectivity index (χ1) is 16.2. The summed E-state index contributed by atoms with van der Waals surface area (Å²) in [6.45, 7) is 8.97. The van der Waals surface area contributed by atoms with E-state index in [0.29, 0.717) is 44.4 Å². The van der Waals surface area contributed by atoms with E-state index in [2.05, 4.69) is 5.32 Å². The molecule has 0 atom stereocenters. The van der Waals surface area contributed by atoms with Crippen molar-refractivity contribution in [2.45, 2.75) is 45.6 Å². The van der Waals surface area contributed by atoms with Gasteiger partial charge in [-0.3, -0.25) is 0 Å². The molecule has 182 valence electrons. The van der Waals surface area contributed by atoms with Gasteiger partial charge in [-0.15, -0.1) is 0 Å². The van der Waals surface area contributed by atoms with Crippen LogP contribution in [0.5, 0.6) is 0 Å². The molecule has 34 heavy (non-hydrogen) atoms. The highest BCUT2D eigenvalue weighted by molar-refractivity contribution is 6.30. The molecule has 3 aromatic rings. The first kappa shape index (κ1) is 24.5. The van der Waals surface area contributed by atoms with Crippen LogP contribution >= 0.6 is 11.6 Å². The third kappa shape index (κ3) is 6.29. The molecule has 2 aromatic carbocycles. The maximum Gasteiger partial charge on any atom is 0.410 e. The normalized spacial score (nSPS) is 14.4. The summed E-state index contributed by atoms with van der Waals surface area (Å²) >= 11 is 5.98. The molecule has 0 saturated carbocycles. The van der Waals surface area contributed by atoms with Gasteiger partial charge in [0.25, 0.3) is 0 Å². The minimum absolute atomic E-state index is 0.0251. The Morgan fingerprint density at radius 2 is 1.91 bits per heavy atom. The number of hydrogen-bond acceptors (Lipinski definition) is 4. The predicted octanol–water partition coefficient (Wildman–Crippen LogP) is 5.21. The van der Waals surface area contributed by atoms with Crippen molar-refractivity contribution in [1.29, 1.82) is 0 Å². The smallest absolute Gasteiger partial charge is 0.410 e. The second-order valence-corrected chi connectivity index (χ2v) is 10.1. The van der Waals surface area contributed by atoms with Gasteiger partial charge >= 0.3 is 6.09 Å². The molecule has 4 rings (SSSR count). The highest BCUT2D eigenvalue weighted by Gasteiger charge is 2.34. The number of hydrogen-bond donors (Lipinski definition) is 1. The van der Waals surface area contributed by atoms with Crippen molar-refractivity contribution in [2.75, 3.05) is 26.2 Å². The third-order valence-corrected chi connectivity index (χ3v) is 5.90. The number of nitrogens with zero attached hydrogens (tertiary/aromatic N) is 2. The van der Waals surface area contributed by atoms with Crippen LogP contribution < -0.4 is 5.32 Å². The first-order valence-corrected chi connectivity index (χ1v) is 11.9. The zero-order valence-electron chi connectivity index (χ0n) is 19.8. The number of halogens is 2. The monoisotopic (exact) mass is 487 g/mol. The van der Waals surface area contributed by atoms with Gasteiger partial charge in [-0.1, -0.05) is 23.7 Å². The number of nitrogens with one attached hydrogen (secondary N) is 1. The van der Waals surface area contributed by atoms with Crippen LogP contribution in [0.3, 0.4) is 0 Å². The Balaban J connectivity index is 1.25. The second kappa shape index (κ2) is 10.3. The Morgan fingerprint density at radius 1 is 1.18 bits per heavy atom. The molecule has 0 radical (unpaired) electrons. The summed E-state index contributed by atoms with van der Waals surface area (Å²) in [4.78, 5) is 13.6. The number of likely N-dealkylation sites (tertiary alicyclic amines) is 1. The van der Waals surface area contributed by atoms with E-state index < -0.39 is 5.60 Å². The summed E-state index contributed by atoms with van der Waals surface area (Å²) in [6, 6.07) is 12.9. The Morgan fingerprint density at radius 3 is 2.62 bits per heavy atom. The summed E-state index contributed by atoms with van der Waals surface area (Å²) in [5.41, 5.74) is 2.38. The fourth-order valence-electron chi connectivity index (χ4n) is 3.94. The number of carbonyl (C=O) groups is 1. The van der Waals surface area contributed by atoms with Crippen LogP contribution in [0.2, 0.25) is 5.02 Å². The lowest BCUT2D eigenvalue weighted by molar-refractivity contribution is -0.0620. The Hall–Kier alpha value is -2.61. The molecule has 1 aromatic heterocycles. The molecule has 0 unspecified atom stereocenters. The van der Waals surface area contributed by atoms with Crippen molar-refractivity contribution in [1.82, 2.24) is 14.8 Å². The van der Waals surface area contributed by atoms with Gasteiger partial charge in [-0.25, -0.2) is 9.18 Å². The Kier molecular flexibility index (Phi) is 7.45. The minimum atomic E-state index is -0.494. The van der Waals surface area contributed by atoms with Gasteiger partial charge in [0.15, 0.2) is 0 Å². The van der Waals surface area contributed by atoms with E-state index in [-0.39, 0.29) is 18.0 Å². The molecule has 0 aliphatic carbocycles. The van der Waals surface area contributed by atoms with Crippen molar-refractivity contribution in [3.8, 4) is 0 Å². The van der Waals surface area contributed by atoms with Crippen molar-refractivity contribution >= 4 is 28.6 Å². The Labute approximate surface area is 204 Å². The van der Waals surface area contributed by atoms with Crippen LogP contribution in [-0.4, -0.2) is 53.5 Å². The van der Waals surface area contributed by atoms with Crippen molar-refractivity contribution in [2.24, 2.45) is 0 Å². The van der Waals surface area contributed by atoms with Crippen LogP contribution in [0, 0.1) is 5.82 Å². The summed E-state index contributed by atoms with van der Waals surface area (Å²) < 4.78 is 27.6. The molecule has 0 bridgehead atoms. The number of amides is 1. The molecule has 8 heteroatoms. The fraction of sp³-hybridized carbons (Fsp3) is 0.423. The zero-order valence-corrected chi connectivity index (χ0v) is 20.6. The third-order valence-electron chi connectivity index (χ3n) is 5.65. The van der Waals surface area contributed by atoms with Crippen LogP contribution in [0.1, 0.15) is 31.9 Å². The maximum absolute atomic E-state index is 14.4. The molecule has 1 saturated heterocycles. The van der Waals surface area contributed by atoms with Gasteiger partial charge in [0.1, 0.15) is 11.4 Å². The first-order valence-electron chi connectivity index (χ1n) is 11.5. The van der Waals surface area contributed by atoms with Crippen LogP contribution in [0.4, 0.5) is 9.18 Å². The SMILES string of the molecule is CC(C)(C)OC(=O)N1CC(OCCNCc2cc(F)cc3c2ccn3Cc2ccc(Cl)cc2)C1. The number of fused-ring (bicyclic) bond motifs is 1. The van der Waals surface area contributed by atoms with E-state index in [4.69, 9.17) is 21.1 Å². The summed E-state index contributed by atoms with van der Waals surface area (Å²) in [7, 11) is 0. The summed E-state index contributed by atoms with van der Waals surface area (Å²) in [5, 5.41) is 5.05. The van der Waals surface area contributed by atoms with E-state index in [1.165, 1.54) is 0 Å². The van der Waals surface area contributed by atoms with E-state index in [0.717, 1.165) is 22.0 Å². The largest absolute Gasteiger partial charge is 0.444 e. The molecule has 1 amide bonds. The van der Waals surface area contributed by atoms with Gasteiger partial charge < -0.3 is 24.3 Å².